The molecule has 0 spiro atoms. The first kappa shape index (κ1) is 28.4. The lowest BCUT2D eigenvalue weighted by atomic mass is 9.96. The van der Waals surface area contributed by atoms with Gasteiger partial charge in [-0.1, -0.05) is 5.92 Å². The molecule has 0 aliphatic rings. The van der Waals surface area contributed by atoms with Gasteiger partial charge in [0.15, 0.2) is 17.1 Å². The second kappa shape index (κ2) is 10.4. The first-order valence-corrected chi connectivity index (χ1v) is 13.2. The average molecular weight is 547 g/mol. The summed E-state index contributed by atoms with van der Waals surface area (Å²) in [6, 6.07) is 0. The number of imidazole rings is 1. The van der Waals surface area contributed by atoms with Crippen LogP contribution in [0, 0.1) is 12.3 Å². The molecule has 0 saturated heterocycles. The molecular weight excluding hydrogens is 527 g/mol. The van der Waals surface area contributed by atoms with E-state index in [9.17, 15) is 33.7 Å². The molecule has 2 aromatic heterocycles. The number of aromatic nitrogens is 4. The monoisotopic (exact) mass is 547 g/mol. The zero-order valence-corrected chi connectivity index (χ0v) is 19.7. The number of nitrogen functional groups attached to an aromatic ring is 1. The second-order valence-corrected chi connectivity index (χ2v) is 11.0. The first-order chi connectivity index (χ1) is 15.5. The van der Waals surface area contributed by atoms with Gasteiger partial charge in [0.25, 0.3) is 0 Å². The third-order valence-electron chi connectivity index (χ3n) is 3.90. The minimum absolute atomic E-state index is 0.0586. The van der Waals surface area contributed by atoms with E-state index in [2.05, 4.69) is 28.1 Å². The molecule has 5 atom stereocenters. The zero-order chi connectivity index (χ0) is 25.9. The number of fused-ring (bicyclic) bond motifs is 1. The van der Waals surface area contributed by atoms with Crippen molar-refractivity contribution in [1.29, 1.82) is 0 Å². The van der Waals surface area contributed by atoms with E-state index >= 15 is 0 Å². The van der Waals surface area contributed by atoms with Crippen molar-refractivity contribution < 1.29 is 61.4 Å². The van der Waals surface area contributed by atoms with Crippen molar-refractivity contribution in [3.8, 4) is 12.3 Å². The van der Waals surface area contributed by atoms with E-state index in [1.54, 1.807) is 0 Å². The van der Waals surface area contributed by atoms with Gasteiger partial charge in [-0.05, 0) is 6.92 Å². The fourth-order valence-electron chi connectivity index (χ4n) is 2.32. The molecule has 34 heavy (non-hydrogen) atoms. The predicted molar refractivity (Wildman–Crippen MR) is 110 cm³/mol. The number of anilines is 1. The number of phosphoric ester groups is 1. The smallest absolute Gasteiger partial charge is 0.386 e. The topological polar surface area (TPSA) is 279 Å². The van der Waals surface area contributed by atoms with Gasteiger partial charge in [0.05, 0.1) is 12.9 Å². The Balaban J connectivity index is 2.18. The van der Waals surface area contributed by atoms with Crippen LogP contribution in [0.15, 0.2) is 12.7 Å². The fraction of sp³-hybridized carbons (Fsp3) is 0.462. The molecule has 2 heterocycles. The maximum Gasteiger partial charge on any atom is 0.490 e. The Kier molecular flexibility index (Phi) is 8.73. The average Bonchev–Trinajstić information content (AvgIpc) is 3.09. The van der Waals surface area contributed by atoms with Crippen molar-refractivity contribution in [1.82, 2.24) is 19.5 Å². The Morgan fingerprint density at radius 1 is 1.18 bits per heavy atom. The number of aliphatic hydroxyl groups excluding tert-OH is 1. The van der Waals surface area contributed by atoms with Crippen LogP contribution in [-0.2, 0) is 38.3 Å². The van der Waals surface area contributed by atoms with Gasteiger partial charge < -0.3 is 40.3 Å². The van der Waals surface area contributed by atoms with Crippen LogP contribution in [-0.4, -0.2) is 73.7 Å². The highest BCUT2D eigenvalue weighted by Gasteiger charge is 2.42. The SMILES string of the molecule is C#C[C@@](C)(O)[C@H](O)[C@H](COP(=O)(O)OP(=O)(O)OP(=O)(O)O)OCn1cnc2c(N)ncnc21. The van der Waals surface area contributed by atoms with Gasteiger partial charge in [-0.25, -0.2) is 28.6 Å². The van der Waals surface area contributed by atoms with Crippen LogP contribution in [0.25, 0.3) is 11.2 Å². The third kappa shape index (κ3) is 7.87. The van der Waals surface area contributed by atoms with Crippen LogP contribution in [0.2, 0.25) is 0 Å². The quantitative estimate of drug-likeness (QED) is 0.122. The number of ether oxygens (including phenoxy) is 1. The molecule has 18 nitrogen and oxygen atoms in total. The summed E-state index contributed by atoms with van der Waals surface area (Å²) >= 11 is 0. The molecular formula is C13H20N5O13P3. The van der Waals surface area contributed by atoms with Crippen LogP contribution >= 0.6 is 23.5 Å². The van der Waals surface area contributed by atoms with Crippen LogP contribution < -0.4 is 5.73 Å². The highest BCUT2D eigenvalue weighted by atomic mass is 31.3. The lowest BCUT2D eigenvalue weighted by Gasteiger charge is -2.31. The summed E-state index contributed by atoms with van der Waals surface area (Å²) < 4.78 is 52.4. The van der Waals surface area contributed by atoms with E-state index in [0.717, 1.165) is 13.3 Å². The summed E-state index contributed by atoms with van der Waals surface area (Å²) in [6.45, 7) is -0.527. The molecule has 2 unspecified atom stereocenters. The number of terminal acetylenes is 1. The Morgan fingerprint density at radius 2 is 1.82 bits per heavy atom. The van der Waals surface area contributed by atoms with Crippen molar-refractivity contribution in [3.63, 3.8) is 0 Å². The van der Waals surface area contributed by atoms with Gasteiger partial charge in [-0.15, -0.1) is 6.42 Å². The summed E-state index contributed by atoms with van der Waals surface area (Å²) in [5.41, 5.74) is 3.85. The molecule has 8 N–H and O–H groups in total. The van der Waals surface area contributed by atoms with Crippen molar-refractivity contribution in [2.45, 2.75) is 31.5 Å². The van der Waals surface area contributed by atoms with Gasteiger partial charge in [0.2, 0.25) is 0 Å². The van der Waals surface area contributed by atoms with Crippen molar-refractivity contribution in [3.05, 3.63) is 12.7 Å². The molecule has 190 valence electrons. The zero-order valence-electron chi connectivity index (χ0n) is 17.0. The second-order valence-electron chi connectivity index (χ2n) is 6.60. The Bertz CT molecular complexity index is 1210. The largest absolute Gasteiger partial charge is 0.490 e. The van der Waals surface area contributed by atoms with Gasteiger partial charge in [-0.3, -0.25) is 9.09 Å². The van der Waals surface area contributed by atoms with E-state index in [-0.39, 0.29) is 17.0 Å². The molecule has 0 amide bonds. The minimum atomic E-state index is -5.77. The molecule has 0 fully saturated rings. The lowest BCUT2D eigenvalue weighted by Crippen LogP contribution is -2.49. The van der Waals surface area contributed by atoms with Crippen molar-refractivity contribution in [2.75, 3.05) is 12.3 Å². The summed E-state index contributed by atoms with van der Waals surface area (Å²) in [5.74, 6) is 1.93. The number of rotatable bonds is 12. The van der Waals surface area contributed by atoms with Crippen LogP contribution in [0.3, 0.4) is 0 Å². The Labute approximate surface area is 190 Å². The summed E-state index contributed by atoms with van der Waals surface area (Å²) in [7, 11) is -16.9. The summed E-state index contributed by atoms with van der Waals surface area (Å²) in [5, 5.41) is 20.5. The highest BCUT2D eigenvalue weighted by molar-refractivity contribution is 7.66. The minimum Gasteiger partial charge on any atom is -0.386 e. The number of nitrogens with zero attached hydrogens (tertiary/aromatic N) is 4. The van der Waals surface area contributed by atoms with Crippen LogP contribution in [0.5, 0.6) is 0 Å². The number of hydrogen-bond acceptors (Lipinski definition) is 13. The van der Waals surface area contributed by atoms with E-state index in [4.69, 9.17) is 26.7 Å². The number of aliphatic hydroxyl groups is 2. The van der Waals surface area contributed by atoms with Gasteiger partial charge in [0, 0.05) is 0 Å². The maximum absolute atomic E-state index is 12.0. The van der Waals surface area contributed by atoms with Gasteiger partial charge in [-0.2, -0.15) is 8.62 Å². The predicted octanol–water partition coefficient (Wildman–Crippen LogP) is -1.16. The van der Waals surface area contributed by atoms with E-state index < -0.39 is 54.6 Å². The molecule has 0 bridgehead atoms. The standard InChI is InChI=1S/C13H20N5O13P3/c1-3-13(2,20)10(19)8(4-29-33(24,25)31-34(26,27)30-32(21,22)23)28-7-18-6-17-9-11(14)15-5-16-12(9)18/h1,5-6,8,10,19-20H,4,7H2,2H3,(H,24,25)(H,26,27)(H2,14,15,16)(H2,21,22,23)/t8-,10+,13+/m0/s1. The third-order valence-corrected chi connectivity index (χ3v) is 7.70. The Morgan fingerprint density at radius 3 is 2.41 bits per heavy atom. The molecule has 0 radical (unpaired) electrons. The van der Waals surface area contributed by atoms with Gasteiger partial charge in [0.1, 0.15) is 30.8 Å². The molecule has 21 heteroatoms. The molecule has 2 aromatic rings. The highest BCUT2D eigenvalue weighted by Crippen LogP contribution is 2.66. The summed E-state index contributed by atoms with van der Waals surface area (Å²) in [6.07, 6.45) is 3.89. The maximum atomic E-state index is 12.0. The van der Waals surface area contributed by atoms with E-state index in [1.165, 1.54) is 10.9 Å². The molecule has 2 rings (SSSR count). The van der Waals surface area contributed by atoms with Gasteiger partial charge >= 0.3 is 23.5 Å². The Hall–Kier alpha value is -1.80. The van der Waals surface area contributed by atoms with Crippen molar-refractivity contribution in [2.24, 2.45) is 0 Å². The molecule has 0 aliphatic heterocycles. The van der Waals surface area contributed by atoms with Crippen LogP contribution in [0.1, 0.15) is 6.92 Å². The van der Waals surface area contributed by atoms with E-state index in [1.807, 2.05) is 5.92 Å². The summed E-state index contributed by atoms with van der Waals surface area (Å²) in [4.78, 5) is 47.6. The molecule has 0 aliphatic carbocycles. The van der Waals surface area contributed by atoms with E-state index in [0.29, 0.717) is 0 Å². The number of hydrogen-bond donors (Lipinski definition) is 7. The number of phosphoric acid groups is 3. The first-order valence-electron chi connectivity index (χ1n) is 8.66. The molecule has 0 saturated carbocycles. The lowest BCUT2D eigenvalue weighted by molar-refractivity contribution is -0.137. The molecule has 0 aromatic carbocycles. The van der Waals surface area contributed by atoms with Crippen molar-refractivity contribution >= 4 is 40.4 Å². The number of nitrogens with two attached hydrogens (primary N) is 1. The fourth-order valence-corrected chi connectivity index (χ4v) is 5.35. The normalized spacial score (nSPS) is 19.5. The van der Waals surface area contributed by atoms with Crippen LogP contribution in [0.4, 0.5) is 5.82 Å².